The van der Waals surface area contributed by atoms with Crippen LogP contribution in [0.3, 0.4) is 0 Å². The lowest BCUT2D eigenvalue weighted by molar-refractivity contribution is -0.126. The van der Waals surface area contributed by atoms with Crippen molar-refractivity contribution in [3.63, 3.8) is 0 Å². The van der Waals surface area contributed by atoms with Crippen molar-refractivity contribution in [2.75, 3.05) is 25.1 Å². The molecule has 1 unspecified atom stereocenters. The molecule has 0 saturated carbocycles. The van der Waals surface area contributed by atoms with Crippen LogP contribution in [-0.4, -0.2) is 32.0 Å². The summed E-state index contributed by atoms with van der Waals surface area (Å²) in [7, 11) is 1.60. The molecule has 1 N–H and O–H groups in total. The molecule has 0 bridgehead atoms. The molecule has 1 atom stereocenters. The van der Waals surface area contributed by atoms with Gasteiger partial charge in [-0.05, 0) is 42.1 Å². The Bertz CT molecular complexity index is 698. The number of nitrogens with one attached hydrogen (secondary N) is 1. The van der Waals surface area contributed by atoms with Crippen molar-refractivity contribution in [1.29, 1.82) is 0 Å². The second-order valence-electron chi connectivity index (χ2n) is 5.72. The maximum absolute atomic E-state index is 12.3. The van der Waals surface area contributed by atoms with Crippen molar-refractivity contribution in [1.82, 2.24) is 5.32 Å². The van der Waals surface area contributed by atoms with Gasteiger partial charge in [-0.25, -0.2) is 0 Å². The fourth-order valence-electron chi connectivity index (χ4n) is 2.80. The molecule has 2 heterocycles. The van der Waals surface area contributed by atoms with Crippen LogP contribution < -0.4 is 15.0 Å². The Morgan fingerprint density at radius 1 is 1.33 bits per heavy atom. The van der Waals surface area contributed by atoms with E-state index < -0.39 is 0 Å². The van der Waals surface area contributed by atoms with E-state index in [1.807, 2.05) is 35.7 Å². The van der Waals surface area contributed by atoms with E-state index in [4.69, 9.17) is 4.74 Å². The first-order valence-corrected chi connectivity index (χ1v) is 8.80. The maximum atomic E-state index is 12.3. The number of ether oxygens (including phenoxy) is 1. The van der Waals surface area contributed by atoms with E-state index in [9.17, 15) is 9.59 Å². The molecule has 2 amide bonds. The summed E-state index contributed by atoms with van der Waals surface area (Å²) in [6.45, 7) is 1.03. The van der Waals surface area contributed by atoms with E-state index in [2.05, 4.69) is 11.4 Å². The van der Waals surface area contributed by atoms with Gasteiger partial charge in [-0.2, -0.15) is 0 Å². The fraction of sp³-hybridized carbons (Fsp3) is 0.333. The molecule has 1 saturated heterocycles. The summed E-state index contributed by atoms with van der Waals surface area (Å²) < 4.78 is 5.13. The predicted molar refractivity (Wildman–Crippen MR) is 94.5 cm³/mol. The zero-order valence-electron chi connectivity index (χ0n) is 13.5. The molecular weight excluding hydrogens is 324 g/mol. The Kier molecular flexibility index (Phi) is 5.15. The molecule has 0 aliphatic carbocycles. The van der Waals surface area contributed by atoms with Gasteiger partial charge in [0.1, 0.15) is 5.75 Å². The Hall–Kier alpha value is -2.34. The summed E-state index contributed by atoms with van der Waals surface area (Å²) >= 11 is 1.68. The van der Waals surface area contributed by atoms with E-state index >= 15 is 0 Å². The van der Waals surface area contributed by atoms with E-state index in [0.29, 0.717) is 13.1 Å². The van der Waals surface area contributed by atoms with Crippen molar-refractivity contribution in [2.45, 2.75) is 12.8 Å². The van der Waals surface area contributed by atoms with Crippen LogP contribution in [0.2, 0.25) is 0 Å². The first kappa shape index (κ1) is 16.5. The number of hydrogen-bond donors (Lipinski definition) is 1. The van der Waals surface area contributed by atoms with Gasteiger partial charge < -0.3 is 15.0 Å². The number of carbonyl (C=O) groups is 2. The van der Waals surface area contributed by atoms with Crippen LogP contribution in [0.1, 0.15) is 11.3 Å². The average Bonchev–Trinajstić information content (AvgIpc) is 3.24. The number of benzene rings is 1. The summed E-state index contributed by atoms with van der Waals surface area (Å²) in [5.74, 6) is 0.394. The lowest BCUT2D eigenvalue weighted by Gasteiger charge is -2.17. The molecule has 5 nitrogen and oxygen atoms in total. The smallest absolute Gasteiger partial charge is 0.227 e. The van der Waals surface area contributed by atoms with Crippen LogP contribution in [0.15, 0.2) is 41.8 Å². The Morgan fingerprint density at radius 2 is 2.12 bits per heavy atom. The largest absolute Gasteiger partial charge is 0.497 e. The predicted octanol–water partition coefficient (Wildman–Crippen LogP) is 2.47. The van der Waals surface area contributed by atoms with Gasteiger partial charge in [-0.1, -0.05) is 6.07 Å². The zero-order chi connectivity index (χ0) is 16.9. The van der Waals surface area contributed by atoms with Gasteiger partial charge in [-0.15, -0.1) is 11.3 Å². The number of hydrogen-bond acceptors (Lipinski definition) is 4. The normalized spacial score (nSPS) is 17.1. The minimum absolute atomic E-state index is 0.0152. The molecule has 126 valence electrons. The number of rotatable bonds is 6. The van der Waals surface area contributed by atoms with Crippen molar-refractivity contribution in [3.05, 3.63) is 46.7 Å². The summed E-state index contributed by atoms with van der Waals surface area (Å²) in [6.07, 6.45) is 1.09. The quantitative estimate of drug-likeness (QED) is 0.876. The van der Waals surface area contributed by atoms with Crippen LogP contribution in [0, 0.1) is 5.92 Å². The van der Waals surface area contributed by atoms with Gasteiger partial charge in [0.05, 0.1) is 13.0 Å². The van der Waals surface area contributed by atoms with E-state index in [-0.39, 0.29) is 24.2 Å². The number of amides is 2. The summed E-state index contributed by atoms with van der Waals surface area (Å²) in [5.41, 5.74) is 0.801. The molecule has 2 aromatic rings. The van der Waals surface area contributed by atoms with Gasteiger partial charge in [0.2, 0.25) is 11.8 Å². The molecule has 1 fully saturated rings. The third-order valence-corrected chi connectivity index (χ3v) is 5.07. The molecule has 3 rings (SSSR count). The van der Waals surface area contributed by atoms with Crippen LogP contribution in [0.5, 0.6) is 5.75 Å². The minimum Gasteiger partial charge on any atom is -0.497 e. The van der Waals surface area contributed by atoms with Crippen molar-refractivity contribution >= 4 is 28.8 Å². The molecule has 24 heavy (non-hydrogen) atoms. The zero-order valence-corrected chi connectivity index (χ0v) is 14.3. The van der Waals surface area contributed by atoms with Gasteiger partial charge in [-0.3, -0.25) is 9.59 Å². The van der Waals surface area contributed by atoms with Crippen LogP contribution >= 0.6 is 11.3 Å². The number of carbonyl (C=O) groups excluding carboxylic acids is 2. The Balaban J connectivity index is 1.54. The Morgan fingerprint density at radius 3 is 2.79 bits per heavy atom. The van der Waals surface area contributed by atoms with Crippen molar-refractivity contribution < 1.29 is 14.3 Å². The van der Waals surface area contributed by atoms with Gasteiger partial charge >= 0.3 is 0 Å². The standard InChI is InChI=1S/C18H20N2O3S/c1-23-15-6-4-14(5-7-15)20-12-13(11-17(20)21)18(22)19-9-8-16-3-2-10-24-16/h2-7,10,13H,8-9,11-12H2,1H3,(H,19,22). The van der Waals surface area contributed by atoms with Crippen molar-refractivity contribution in [3.8, 4) is 5.75 Å². The van der Waals surface area contributed by atoms with E-state index in [1.165, 1.54) is 4.88 Å². The highest BCUT2D eigenvalue weighted by atomic mass is 32.1. The lowest BCUT2D eigenvalue weighted by Crippen LogP contribution is -2.34. The number of thiophene rings is 1. The fourth-order valence-corrected chi connectivity index (χ4v) is 3.51. The highest BCUT2D eigenvalue weighted by Gasteiger charge is 2.34. The second-order valence-corrected chi connectivity index (χ2v) is 6.76. The minimum atomic E-state index is -0.289. The molecule has 6 heteroatoms. The van der Waals surface area contributed by atoms with Gasteiger partial charge in [0.15, 0.2) is 0 Å². The van der Waals surface area contributed by atoms with Crippen molar-refractivity contribution in [2.24, 2.45) is 5.92 Å². The SMILES string of the molecule is COc1ccc(N2CC(C(=O)NCCc3cccs3)CC2=O)cc1. The first-order chi connectivity index (χ1) is 11.7. The molecular formula is C18H20N2O3S. The average molecular weight is 344 g/mol. The van der Waals surface area contributed by atoms with Crippen LogP contribution in [-0.2, 0) is 16.0 Å². The molecule has 1 aromatic carbocycles. The third kappa shape index (κ3) is 3.76. The third-order valence-electron chi connectivity index (χ3n) is 4.13. The molecule has 1 aliphatic rings. The van der Waals surface area contributed by atoms with Gasteiger partial charge in [0, 0.05) is 30.1 Å². The molecule has 1 aromatic heterocycles. The van der Waals surface area contributed by atoms with Crippen LogP contribution in [0.4, 0.5) is 5.69 Å². The molecule has 1 aliphatic heterocycles. The summed E-state index contributed by atoms with van der Waals surface area (Å²) in [4.78, 5) is 27.4. The number of methoxy groups -OCH3 is 1. The first-order valence-electron chi connectivity index (χ1n) is 7.92. The number of anilines is 1. The van der Waals surface area contributed by atoms with E-state index in [0.717, 1.165) is 17.9 Å². The topological polar surface area (TPSA) is 58.6 Å². The summed E-state index contributed by atoms with van der Waals surface area (Å²) in [5, 5.41) is 4.97. The number of nitrogens with zero attached hydrogens (tertiary/aromatic N) is 1. The second kappa shape index (κ2) is 7.49. The van der Waals surface area contributed by atoms with Crippen LogP contribution in [0.25, 0.3) is 0 Å². The Labute approximate surface area is 145 Å². The molecule has 0 radical (unpaired) electrons. The van der Waals surface area contributed by atoms with E-state index in [1.54, 1.807) is 23.3 Å². The highest BCUT2D eigenvalue weighted by Crippen LogP contribution is 2.26. The lowest BCUT2D eigenvalue weighted by atomic mass is 10.1. The maximum Gasteiger partial charge on any atom is 0.227 e. The highest BCUT2D eigenvalue weighted by molar-refractivity contribution is 7.09. The molecule has 0 spiro atoms. The van der Waals surface area contributed by atoms with Gasteiger partial charge in [0.25, 0.3) is 0 Å². The summed E-state index contributed by atoms with van der Waals surface area (Å²) in [6, 6.07) is 11.4. The monoisotopic (exact) mass is 344 g/mol.